The van der Waals surface area contributed by atoms with Gasteiger partial charge in [0.1, 0.15) is 0 Å². The van der Waals surface area contributed by atoms with Crippen LogP contribution in [0, 0.1) is 0 Å². The number of allylic oxidation sites excluding steroid dienone is 5. The highest BCUT2D eigenvalue weighted by Crippen LogP contribution is 2.33. The molecule has 3 aliphatic rings. The highest BCUT2D eigenvalue weighted by atomic mass is 15.0. The van der Waals surface area contributed by atoms with Gasteiger partial charge in [-0.15, -0.1) is 0 Å². The third-order valence-corrected chi connectivity index (χ3v) is 6.66. The SMILES string of the molecule is CC1=C2CCC(=C(C)c3ccc([nH]3)C(C)c3ccc([nH]3)C(C)=C3C=C1NC3)N2. The van der Waals surface area contributed by atoms with Crippen molar-refractivity contribution in [3.05, 3.63) is 81.4 Å². The first-order valence-electron chi connectivity index (χ1n) is 10.2. The van der Waals surface area contributed by atoms with Gasteiger partial charge in [-0.05, 0) is 86.2 Å². The summed E-state index contributed by atoms with van der Waals surface area (Å²) in [6.45, 7) is 9.80. The summed E-state index contributed by atoms with van der Waals surface area (Å²) >= 11 is 0. The van der Waals surface area contributed by atoms with Crippen LogP contribution >= 0.6 is 0 Å². The van der Waals surface area contributed by atoms with E-state index in [1.165, 1.54) is 62.2 Å². The van der Waals surface area contributed by atoms with Crippen molar-refractivity contribution in [1.29, 1.82) is 0 Å². The van der Waals surface area contributed by atoms with Gasteiger partial charge in [0.2, 0.25) is 0 Å². The molecule has 8 bridgehead atoms. The maximum absolute atomic E-state index is 3.71. The Balaban J connectivity index is 1.69. The number of hydrogen-bond acceptors (Lipinski definition) is 2. The van der Waals surface area contributed by atoms with Crippen LogP contribution in [0.1, 0.15) is 69.2 Å². The Hall–Kier alpha value is -2.88. The van der Waals surface area contributed by atoms with Gasteiger partial charge in [0.05, 0.1) is 0 Å². The minimum absolute atomic E-state index is 0.299. The van der Waals surface area contributed by atoms with Crippen molar-refractivity contribution in [3.8, 4) is 0 Å². The fraction of sp³-hybridized carbons (Fsp3) is 0.333. The summed E-state index contributed by atoms with van der Waals surface area (Å²) < 4.78 is 0. The number of H-pyrrole nitrogens is 2. The third-order valence-electron chi connectivity index (χ3n) is 6.66. The Bertz CT molecular complexity index is 1080. The van der Waals surface area contributed by atoms with Crippen LogP contribution in [0.25, 0.3) is 11.1 Å². The van der Waals surface area contributed by atoms with E-state index in [0.717, 1.165) is 19.4 Å². The van der Waals surface area contributed by atoms with E-state index in [2.05, 4.69) is 78.6 Å². The van der Waals surface area contributed by atoms with Crippen molar-refractivity contribution in [3.63, 3.8) is 0 Å². The molecule has 5 heterocycles. The third kappa shape index (κ3) is 2.67. The van der Waals surface area contributed by atoms with Crippen molar-refractivity contribution < 1.29 is 0 Å². The maximum Gasteiger partial charge on any atom is 0.0429 e. The smallest absolute Gasteiger partial charge is 0.0429 e. The predicted molar refractivity (Wildman–Crippen MR) is 115 cm³/mol. The van der Waals surface area contributed by atoms with Gasteiger partial charge < -0.3 is 20.6 Å². The van der Waals surface area contributed by atoms with Crippen LogP contribution in [0.5, 0.6) is 0 Å². The molecule has 4 heteroatoms. The second-order valence-electron chi connectivity index (χ2n) is 8.27. The summed E-state index contributed by atoms with van der Waals surface area (Å²) in [7, 11) is 0. The van der Waals surface area contributed by atoms with Gasteiger partial charge in [-0.25, -0.2) is 0 Å². The van der Waals surface area contributed by atoms with E-state index < -0.39 is 0 Å². The second kappa shape index (κ2) is 6.33. The van der Waals surface area contributed by atoms with Crippen LogP contribution in [0.2, 0.25) is 0 Å². The van der Waals surface area contributed by atoms with Crippen molar-refractivity contribution in [2.24, 2.45) is 0 Å². The molecule has 0 spiro atoms. The Morgan fingerprint density at radius 3 is 2.07 bits per heavy atom. The minimum Gasteiger partial charge on any atom is -0.381 e. The van der Waals surface area contributed by atoms with E-state index in [9.17, 15) is 0 Å². The van der Waals surface area contributed by atoms with Crippen LogP contribution in [-0.2, 0) is 0 Å². The van der Waals surface area contributed by atoms with Crippen molar-refractivity contribution in [2.75, 3.05) is 6.54 Å². The Morgan fingerprint density at radius 2 is 1.39 bits per heavy atom. The molecule has 1 unspecified atom stereocenters. The molecule has 1 fully saturated rings. The first kappa shape index (κ1) is 17.2. The van der Waals surface area contributed by atoms with Crippen LogP contribution in [0.3, 0.4) is 0 Å². The number of aromatic amines is 2. The van der Waals surface area contributed by atoms with E-state index in [1.807, 2.05) is 0 Å². The van der Waals surface area contributed by atoms with E-state index in [0.29, 0.717) is 5.92 Å². The molecule has 2 aromatic heterocycles. The number of rotatable bonds is 0. The van der Waals surface area contributed by atoms with Crippen LogP contribution in [0.4, 0.5) is 0 Å². The van der Waals surface area contributed by atoms with Crippen LogP contribution < -0.4 is 10.6 Å². The first-order chi connectivity index (χ1) is 13.5. The van der Waals surface area contributed by atoms with Crippen molar-refractivity contribution in [1.82, 2.24) is 20.6 Å². The van der Waals surface area contributed by atoms with E-state index in [1.54, 1.807) is 0 Å². The zero-order valence-electron chi connectivity index (χ0n) is 17.1. The molecule has 2 aromatic rings. The molecule has 3 aliphatic heterocycles. The molecule has 0 aromatic carbocycles. The average Bonchev–Trinajstić information content (AvgIpc) is 3.49. The zero-order valence-corrected chi connectivity index (χ0v) is 17.1. The highest BCUT2D eigenvalue weighted by Gasteiger charge is 2.22. The molecule has 1 atom stereocenters. The molecular weight excluding hydrogens is 344 g/mol. The van der Waals surface area contributed by atoms with Gasteiger partial charge in [0.15, 0.2) is 0 Å². The van der Waals surface area contributed by atoms with Crippen molar-refractivity contribution >= 4 is 11.1 Å². The molecule has 0 aliphatic carbocycles. The summed E-state index contributed by atoms with van der Waals surface area (Å²) in [5.74, 6) is 0.299. The molecule has 0 radical (unpaired) electrons. The summed E-state index contributed by atoms with van der Waals surface area (Å²) in [6, 6.07) is 8.87. The summed E-state index contributed by atoms with van der Waals surface area (Å²) in [4.78, 5) is 7.32. The molecule has 1 saturated heterocycles. The normalized spacial score (nSPS) is 21.9. The molecule has 144 valence electrons. The summed E-state index contributed by atoms with van der Waals surface area (Å²) in [5.41, 5.74) is 14.1. The maximum atomic E-state index is 3.71. The lowest BCUT2D eigenvalue weighted by Crippen LogP contribution is -2.13. The zero-order chi connectivity index (χ0) is 19.4. The quantitative estimate of drug-likeness (QED) is 0.516. The Kier molecular flexibility index (Phi) is 3.90. The lowest BCUT2D eigenvalue weighted by atomic mass is 10.1. The molecule has 4 nitrogen and oxygen atoms in total. The molecule has 4 N–H and O–H groups in total. The van der Waals surface area contributed by atoms with E-state index >= 15 is 0 Å². The Morgan fingerprint density at radius 1 is 0.786 bits per heavy atom. The largest absolute Gasteiger partial charge is 0.381 e. The lowest BCUT2D eigenvalue weighted by molar-refractivity contribution is 0.847. The van der Waals surface area contributed by atoms with Crippen molar-refractivity contribution in [2.45, 2.75) is 46.5 Å². The van der Waals surface area contributed by atoms with Crippen LogP contribution in [-0.4, -0.2) is 16.5 Å². The summed E-state index contributed by atoms with van der Waals surface area (Å²) in [6.07, 6.45) is 4.45. The number of aromatic nitrogens is 2. The van der Waals surface area contributed by atoms with Gasteiger partial charge in [-0.3, -0.25) is 0 Å². The standard InChI is InChI=1S/C24H28N4/c1-13-17-11-24(25-12-17)16(4)23-10-9-22(28-23)15(3)21-8-7-20(27-21)14(2)19-6-5-18(13)26-19/h5-8,11,14,25-28H,9-10,12H2,1-4H3. The number of nitrogens with one attached hydrogen (secondary N) is 4. The van der Waals surface area contributed by atoms with Gasteiger partial charge in [0.25, 0.3) is 0 Å². The van der Waals surface area contributed by atoms with Gasteiger partial charge in [0, 0.05) is 52.3 Å². The minimum atomic E-state index is 0.299. The van der Waals surface area contributed by atoms with E-state index in [-0.39, 0.29) is 0 Å². The average molecular weight is 373 g/mol. The number of hydrogen-bond donors (Lipinski definition) is 4. The lowest BCUT2D eigenvalue weighted by Gasteiger charge is -2.11. The molecule has 5 rings (SSSR count). The molecule has 0 saturated carbocycles. The Labute approximate surface area is 166 Å². The molecule has 28 heavy (non-hydrogen) atoms. The van der Waals surface area contributed by atoms with Gasteiger partial charge in [-0.1, -0.05) is 6.92 Å². The highest BCUT2D eigenvalue weighted by molar-refractivity contribution is 5.70. The molecule has 0 amide bonds. The fourth-order valence-electron chi connectivity index (χ4n) is 4.50. The fourth-order valence-corrected chi connectivity index (χ4v) is 4.50. The van der Waals surface area contributed by atoms with E-state index in [4.69, 9.17) is 0 Å². The first-order valence-corrected chi connectivity index (χ1v) is 10.2. The van der Waals surface area contributed by atoms with Crippen LogP contribution in [0.15, 0.2) is 58.6 Å². The monoisotopic (exact) mass is 372 g/mol. The summed E-state index contributed by atoms with van der Waals surface area (Å²) in [5, 5.41) is 7.32. The predicted octanol–water partition coefficient (Wildman–Crippen LogP) is 5.16. The molecular formula is C24H28N4. The number of fused-ring (bicyclic) bond motifs is 7. The second-order valence-corrected chi connectivity index (χ2v) is 8.27. The van der Waals surface area contributed by atoms with Gasteiger partial charge in [-0.2, -0.15) is 0 Å². The van der Waals surface area contributed by atoms with Gasteiger partial charge >= 0.3 is 0 Å². The topological polar surface area (TPSA) is 55.6 Å².